The number of benzene rings is 1. The summed E-state index contributed by atoms with van der Waals surface area (Å²) in [6, 6.07) is 11.2. The van der Waals surface area contributed by atoms with Gasteiger partial charge in [-0.25, -0.2) is 4.98 Å². The van der Waals surface area contributed by atoms with Gasteiger partial charge >= 0.3 is 6.18 Å². The highest BCUT2D eigenvalue weighted by atomic mass is 19.4. The molecule has 3 heterocycles. The molecule has 0 radical (unpaired) electrons. The number of aromatic nitrogens is 2. The summed E-state index contributed by atoms with van der Waals surface area (Å²) in [7, 11) is 3.33. The molecule has 2 unspecified atom stereocenters. The third-order valence-corrected chi connectivity index (χ3v) is 5.38. The van der Waals surface area contributed by atoms with Crippen molar-refractivity contribution >= 4 is 11.8 Å². The van der Waals surface area contributed by atoms with E-state index in [-0.39, 0.29) is 23.9 Å². The second kappa shape index (κ2) is 7.79. The topological polar surface area (TPSA) is 44.7 Å². The van der Waals surface area contributed by atoms with Crippen LogP contribution >= 0.6 is 0 Å². The minimum Gasteiger partial charge on any atom is -0.373 e. The minimum absolute atomic E-state index is 0.0755. The molecule has 29 heavy (non-hydrogen) atoms. The lowest BCUT2D eigenvalue weighted by Crippen LogP contribution is -2.50. The number of alkyl halides is 3. The second-order valence-corrected chi connectivity index (χ2v) is 7.64. The van der Waals surface area contributed by atoms with Crippen LogP contribution in [-0.4, -0.2) is 67.4 Å². The van der Waals surface area contributed by atoms with Crippen LogP contribution in [0.15, 0.2) is 36.4 Å². The average Bonchev–Trinajstić information content (AvgIpc) is 3.13. The third-order valence-electron chi connectivity index (χ3n) is 5.38. The van der Waals surface area contributed by atoms with Gasteiger partial charge in [-0.15, -0.1) is 0 Å². The highest BCUT2D eigenvalue weighted by molar-refractivity contribution is 5.46. The molecule has 2 fully saturated rings. The van der Waals surface area contributed by atoms with Gasteiger partial charge in [0, 0.05) is 46.3 Å². The van der Waals surface area contributed by atoms with Gasteiger partial charge in [-0.2, -0.15) is 18.2 Å². The molecule has 2 saturated heterocycles. The van der Waals surface area contributed by atoms with Gasteiger partial charge in [-0.1, -0.05) is 30.3 Å². The van der Waals surface area contributed by atoms with E-state index >= 15 is 0 Å². The Balaban J connectivity index is 1.57. The van der Waals surface area contributed by atoms with Crippen molar-refractivity contribution in [3.63, 3.8) is 0 Å². The lowest BCUT2D eigenvalue weighted by molar-refractivity contribution is -0.141. The van der Waals surface area contributed by atoms with Crippen molar-refractivity contribution in [3.05, 3.63) is 47.7 Å². The van der Waals surface area contributed by atoms with E-state index in [2.05, 4.69) is 27.0 Å². The zero-order valence-electron chi connectivity index (χ0n) is 16.4. The van der Waals surface area contributed by atoms with E-state index in [0.29, 0.717) is 19.7 Å². The van der Waals surface area contributed by atoms with Gasteiger partial charge in [0.25, 0.3) is 0 Å². The van der Waals surface area contributed by atoms with Gasteiger partial charge in [0.1, 0.15) is 5.82 Å². The first-order chi connectivity index (χ1) is 13.8. The van der Waals surface area contributed by atoms with E-state index in [0.717, 1.165) is 19.2 Å². The Bertz CT molecular complexity index is 846. The Hall–Kier alpha value is -2.39. The Kier molecular flexibility index (Phi) is 5.35. The van der Waals surface area contributed by atoms with Crippen molar-refractivity contribution in [3.8, 4) is 0 Å². The first-order valence-electron chi connectivity index (χ1n) is 9.59. The van der Waals surface area contributed by atoms with Crippen LogP contribution in [-0.2, 0) is 17.5 Å². The van der Waals surface area contributed by atoms with E-state index in [1.165, 1.54) is 5.56 Å². The van der Waals surface area contributed by atoms with Crippen LogP contribution in [0, 0.1) is 0 Å². The molecule has 1 aromatic carbocycles. The molecule has 156 valence electrons. The van der Waals surface area contributed by atoms with E-state index in [4.69, 9.17) is 4.74 Å². The molecule has 0 aliphatic carbocycles. The molecule has 9 heteroatoms. The maximum Gasteiger partial charge on any atom is 0.433 e. The third kappa shape index (κ3) is 4.30. The molecule has 6 nitrogen and oxygen atoms in total. The Morgan fingerprint density at radius 1 is 1.14 bits per heavy atom. The number of hydrogen-bond acceptors (Lipinski definition) is 6. The predicted octanol–water partition coefficient (Wildman–Crippen LogP) is 2.65. The van der Waals surface area contributed by atoms with Gasteiger partial charge in [0.15, 0.2) is 5.69 Å². The van der Waals surface area contributed by atoms with Gasteiger partial charge in [-0.05, 0) is 5.56 Å². The van der Waals surface area contributed by atoms with Crippen LogP contribution in [0.3, 0.4) is 0 Å². The molecule has 2 aromatic rings. The Labute approximate surface area is 167 Å². The quantitative estimate of drug-likeness (QED) is 0.777. The van der Waals surface area contributed by atoms with Crippen molar-refractivity contribution in [2.24, 2.45) is 0 Å². The zero-order chi connectivity index (χ0) is 20.6. The number of morpholine rings is 1. The fourth-order valence-electron chi connectivity index (χ4n) is 3.87. The first kappa shape index (κ1) is 19.9. The summed E-state index contributed by atoms with van der Waals surface area (Å²) >= 11 is 0. The van der Waals surface area contributed by atoms with E-state index in [1.807, 2.05) is 18.2 Å². The van der Waals surface area contributed by atoms with Crippen molar-refractivity contribution in [2.45, 2.75) is 24.9 Å². The Morgan fingerprint density at radius 2 is 1.90 bits per heavy atom. The molecular formula is C20H24F3N5O. The van der Waals surface area contributed by atoms with Gasteiger partial charge in [-0.3, -0.25) is 4.90 Å². The minimum atomic E-state index is -4.52. The van der Waals surface area contributed by atoms with Gasteiger partial charge < -0.3 is 14.5 Å². The lowest BCUT2D eigenvalue weighted by atomic mass is 10.1. The zero-order valence-corrected chi connectivity index (χ0v) is 16.4. The second-order valence-electron chi connectivity index (χ2n) is 7.64. The van der Waals surface area contributed by atoms with E-state index in [9.17, 15) is 13.2 Å². The van der Waals surface area contributed by atoms with Crippen LogP contribution in [0.1, 0.15) is 11.3 Å². The smallest absolute Gasteiger partial charge is 0.373 e. The molecule has 0 N–H and O–H groups in total. The first-order valence-corrected chi connectivity index (χ1v) is 9.59. The molecule has 2 atom stereocenters. The lowest BCUT2D eigenvalue weighted by Gasteiger charge is -2.36. The monoisotopic (exact) mass is 407 g/mol. The summed E-state index contributed by atoms with van der Waals surface area (Å²) in [4.78, 5) is 13.9. The van der Waals surface area contributed by atoms with Crippen LogP contribution in [0.2, 0.25) is 0 Å². The molecule has 4 rings (SSSR count). The maximum absolute atomic E-state index is 13.3. The average molecular weight is 407 g/mol. The summed E-state index contributed by atoms with van der Waals surface area (Å²) < 4.78 is 45.9. The number of rotatable bonds is 4. The van der Waals surface area contributed by atoms with Gasteiger partial charge in [0.2, 0.25) is 5.95 Å². The number of fused-ring (bicyclic) bond motifs is 1. The standard InChI is InChI=1S/C20H24F3N5O/c1-26(2)18-10-17(20(21,22)23)24-19(25-18)28-12-15-16(13-28)29-9-8-27(15)11-14-6-4-3-5-7-14/h3-7,10,15-16H,8-9,11-13H2,1-2H3. The largest absolute Gasteiger partial charge is 0.433 e. The van der Waals surface area contributed by atoms with Crippen LogP contribution in [0.5, 0.6) is 0 Å². The summed E-state index contributed by atoms with van der Waals surface area (Å²) in [5.74, 6) is 0.334. The number of halogens is 3. The molecule has 1 aromatic heterocycles. The summed E-state index contributed by atoms with van der Waals surface area (Å²) in [5.41, 5.74) is 0.278. The van der Waals surface area contributed by atoms with Gasteiger partial charge in [0.05, 0.1) is 18.8 Å². The van der Waals surface area contributed by atoms with Crippen molar-refractivity contribution in [1.29, 1.82) is 0 Å². The molecule has 2 aliphatic rings. The van der Waals surface area contributed by atoms with Crippen LogP contribution < -0.4 is 9.80 Å². The number of ether oxygens (including phenoxy) is 1. The van der Waals surface area contributed by atoms with E-state index < -0.39 is 11.9 Å². The normalized spacial score (nSPS) is 22.6. The SMILES string of the molecule is CN(C)c1cc(C(F)(F)F)nc(N2CC3OCCN(Cc4ccccc4)C3C2)n1. The molecular weight excluding hydrogens is 383 g/mol. The van der Waals surface area contributed by atoms with Crippen molar-refractivity contribution < 1.29 is 17.9 Å². The summed E-state index contributed by atoms with van der Waals surface area (Å²) in [6.45, 7) is 3.19. The molecule has 0 saturated carbocycles. The predicted molar refractivity (Wildman–Crippen MR) is 104 cm³/mol. The van der Waals surface area contributed by atoms with Crippen LogP contribution in [0.25, 0.3) is 0 Å². The van der Waals surface area contributed by atoms with E-state index in [1.54, 1.807) is 23.9 Å². The number of anilines is 2. The summed E-state index contributed by atoms with van der Waals surface area (Å²) in [6.07, 6.45) is -4.60. The van der Waals surface area contributed by atoms with Crippen molar-refractivity contribution in [1.82, 2.24) is 14.9 Å². The molecule has 0 bridgehead atoms. The fraction of sp³-hybridized carbons (Fsp3) is 0.500. The molecule has 2 aliphatic heterocycles. The maximum atomic E-state index is 13.3. The Morgan fingerprint density at radius 3 is 2.59 bits per heavy atom. The highest BCUT2D eigenvalue weighted by Crippen LogP contribution is 2.33. The fourth-order valence-corrected chi connectivity index (χ4v) is 3.87. The molecule has 0 spiro atoms. The summed E-state index contributed by atoms with van der Waals surface area (Å²) in [5, 5.41) is 0. The molecule has 0 amide bonds. The number of nitrogens with zero attached hydrogens (tertiary/aromatic N) is 5. The highest BCUT2D eigenvalue weighted by Gasteiger charge is 2.42. The van der Waals surface area contributed by atoms with Crippen molar-refractivity contribution in [2.75, 3.05) is 50.1 Å². The van der Waals surface area contributed by atoms with Crippen LogP contribution in [0.4, 0.5) is 24.9 Å². The number of hydrogen-bond donors (Lipinski definition) is 0.